The minimum absolute atomic E-state index is 0.0668. The summed E-state index contributed by atoms with van der Waals surface area (Å²) in [5, 5.41) is 2.87. The van der Waals surface area contributed by atoms with Gasteiger partial charge in [-0.25, -0.2) is 0 Å². The fourth-order valence-corrected chi connectivity index (χ4v) is 2.58. The minimum Gasteiger partial charge on any atom is -0.493 e. The Kier molecular flexibility index (Phi) is 7.60. The molecule has 134 valence electrons. The largest absolute Gasteiger partial charge is 0.493 e. The molecule has 2 aromatic carbocycles. The van der Waals surface area contributed by atoms with Gasteiger partial charge in [-0.15, -0.1) is 0 Å². The third-order valence-electron chi connectivity index (χ3n) is 3.41. The third-order valence-corrected chi connectivity index (χ3v) is 3.90. The zero-order chi connectivity index (χ0) is 18.1. The number of ether oxygens (including phenoxy) is 3. The normalized spacial score (nSPS) is 10.2. The summed E-state index contributed by atoms with van der Waals surface area (Å²) in [5.74, 6) is 2.02. The summed E-state index contributed by atoms with van der Waals surface area (Å²) in [6.45, 7) is 3.25. The highest BCUT2D eigenvalue weighted by Crippen LogP contribution is 2.28. The number of carbonyl (C=O) groups excluding carboxylic acids is 1. The van der Waals surface area contributed by atoms with Crippen molar-refractivity contribution in [3.63, 3.8) is 0 Å². The molecule has 0 aliphatic heterocycles. The van der Waals surface area contributed by atoms with E-state index in [1.807, 2.05) is 49.4 Å². The maximum Gasteiger partial charge on any atom is 0.223 e. The van der Waals surface area contributed by atoms with E-state index < -0.39 is 0 Å². The van der Waals surface area contributed by atoms with Crippen LogP contribution in [0.4, 0.5) is 0 Å². The molecule has 25 heavy (non-hydrogen) atoms. The number of rotatable bonds is 9. The highest BCUT2D eigenvalue weighted by atomic mass is 79.9. The van der Waals surface area contributed by atoms with Crippen LogP contribution in [0.3, 0.4) is 0 Å². The molecular formula is C19H22BrNO4. The van der Waals surface area contributed by atoms with Crippen molar-refractivity contribution in [2.75, 3.05) is 20.3 Å². The molecule has 0 aliphatic carbocycles. The van der Waals surface area contributed by atoms with Gasteiger partial charge in [0.15, 0.2) is 11.5 Å². The first kappa shape index (κ1) is 19.1. The van der Waals surface area contributed by atoms with Gasteiger partial charge in [-0.05, 0) is 42.8 Å². The third kappa shape index (κ3) is 6.31. The molecule has 0 unspecified atom stereocenters. The molecule has 0 saturated carbocycles. The van der Waals surface area contributed by atoms with Crippen LogP contribution in [-0.2, 0) is 11.3 Å². The van der Waals surface area contributed by atoms with E-state index >= 15 is 0 Å². The van der Waals surface area contributed by atoms with Crippen LogP contribution in [0.25, 0.3) is 0 Å². The Hall–Kier alpha value is -2.21. The van der Waals surface area contributed by atoms with Gasteiger partial charge in [0.05, 0.1) is 26.7 Å². The van der Waals surface area contributed by atoms with Gasteiger partial charge in [0.25, 0.3) is 0 Å². The standard InChI is InChI=1S/C19H22BrNO4/c1-3-24-17-8-7-14(11-18(17)23-2)13-21-19(22)9-10-25-16-6-4-5-15(20)12-16/h4-8,11-12H,3,9-10,13H2,1-2H3,(H,21,22). The molecule has 0 fully saturated rings. The Morgan fingerprint density at radius 3 is 2.68 bits per heavy atom. The number of benzene rings is 2. The summed E-state index contributed by atoms with van der Waals surface area (Å²) in [4.78, 5) is 11.9. The number of amides is 1. The van der Waals surface area contributed by atoms with Crippen LogP contribution in [0.5, 0.6) is 17.2 Å². The van der Waals surface area contributed by atoms with Crippen molar-refractivity contribution in [2.45, 2.75) is 19.9 Å². The van der Waals surface area contributed by atoms with Crippen molar-refractivity contribution < 1.29 is 19.0 Å². The monoisotopic (exact) mass is 407 g/mol. The molecule has 0 aliphatic rings. The van der Waals surface area contributed by atoms with Crippen molar-refractivity contribution in [1.29, 1.82) is 0 Å². The maximum absolute atomic E-state index is 11.9. The summed E-state index contributed by atoms with van der Waals surface area (Å²) in [5.41, 5.74) is 0.946. The maximum atomic E-state index is 11.9. The molecule has 2 aromatic rings. The molecule has 5 nitrogen and oxygen atoms in total. The Bertz CT molecular complexity index is 706. The first-order valence-corrected chi connectivity index (χ1v) is 8.86. The molecule has 0 spiro atoms. The van der Waals surface area contributed by atoms with Gasteiger partial charge in [0.2, 0.25) is 5.91 Å². The van der Waals surface area contributed by atoms with Gasteiger partial charge in [-0.2, -0.15) is 0 Å². The fourth-order valence-electron chi connectivity index (χ4n) is 2.20. The van der Waals surface area contributed by atoms with Crippen molar-refractivity contribution in [3.8, 4) is 17.2 Å². The van der Waals surface area contributed by atoms with Gasteiger partial charge < -0.3 is 19.5 Å². The molecule has 1 amide bonds. The molecular weight excluding hydrogens is 386 g/mol. The van der Waals surface area contributed by atoms with E-state index in [9.17, 15) is 4.79 Å². The van der Waals surface area contributed by atoms with Crippen molar-refractivity contribution in [2.24, 2.45) is 0 Å². The van der Waals surface area contributed by atoms with Gasteiger partial charge >= 0.3 is 0 Å². The Balaban J connectivity index is 1.77. The average molecular weight is 408 g/mol. The molecule has 0 heterocycles. The first-order valence-electron chi connectivity index (χ1n) is 8.07. The summed E-state index contributed by atoms with van der Waals surface area (Å²) < 4.78 is 17.3. The van der Waals surface area contributed by atoms with Crippen LogP contribution < -0.4 is 19.5 Å². The van der Waals surface area contributed by atoms with Crippen LogP contribution >= 0.6 is 15.9 Å². The van der Waals surface area contributed by atoms with E-state index in [4.69, 9.17) is 14.2 Å². The lowest BCUT2D eigenvalue weighted by Gasteiger charge is -2.12. The summed E-state index contributed by atoms with van der Waals surface area (Å²) in [7, 11) is 1.60. The van der Waals surface area contributed by atoms with Crippen LogP contribution in [0.2, 0.25) is 0 Å². The van der Waals surface area contributed by atoms with Gasteiger partial charge in [-0.3, -0.25) is 4.79 Å². The topological polar surface area (TPSA) is 56.8 Å². The zero-order valence-corrected chi connectivity index (χ0v) is 16.0. The van der Waals surface area contributed by atoms with Crippen LogP contribution in [0.15, 0.2) is 46.9 Å². The number of hydrogen-bond donors (Lipinski definition) is 1. The zero-order valence-electron chi connectivity index (χ0n) is 14.4. The number of hydrogen-bond acceptors (Lipinski definition) is 4. The van der Waals surface area contributed by atoms with E-state index in [1.165, 1.54) is 0 Å². The summed E-state index contributed by atoms with van der Waals surface area (Å²) in [6, 6.07) is 13.2. The Morgan fingerprint density at radius 1 is 1.12 bits per heavy atom. The number of nitrogens with one attached hydrogen (secondary N) is 1. The van der Waals surface area contributed by atoms with E-state index in [0.717, 1.165) is 15.8 Å². The molecule has 0 saturated heterocycles. The Labute approximate surface area is 156 Å². The van der Waals surface area contributed by atoms with Gasteiger partial charge in [0, 0.05) is 11.0 Å². The number of methoxy groups -OCH3 is 1. The molecule has 0 radical (unpaired) electrons. The molecule has 6 heteroatoms. The van der Waals surface area contributed by atoms with Gasteiger partial charge in [0.1, 0.15) is 5.75 Å². The second kappa shape index (κ2) is 9.93. The first-order chi connectivity index (χ1) is 12.1. The van der Waals surface area contributed by atoms with E-state index in [2.05, 4.69) is 21.2 Å². The SMILES string of the molecule is CCOc1ccc(CNC(=O)CCOc2cccc(Br)c2)cc1OC. The second-order valence-electron chi connectivity index (χ2n) is 5.25. The molecule has 1 N–H and O–H groups in total. The predicted molar refractivity (Wildman–Crippen MR) is 100 cm³/mol. The molecule has 0 atom stereocenters. The lowest BCUT2D eigenvalue weighted by molar-refractivity contribution is -0.121. The van der Waals surface area contributed by atoms with E-state index in [0.29, 0.717) is 37.7 Å². The van der Waals surface area contributed by atoms with Gasteiger partial charge in [-0.1, -0.05) is 28.1 Å². The lowest BCUT2D eigenvalue weighted by Crippen LogP contribution is -2.24. The predicted octanol–water partition coefficient (Wildman–Crippen LogP) is 3.94. The number of halogens is 1. The van der Waals surface area contributed by atoms with Crippen LogP contribution in [0.1, 0.15) is 18.9 Å². The highest BCUT2D eigenvalue weighted by molar-refractivity contribution is 9.10. The lowest BCUT2D eigenvalue weighted by atomic mass is 10.2. The van der Waals surface area contributed by atoms with Crippen molar-refractivity contribution in [3.05, 3.63) is 52.5 Å². The second-order valence-corrected chi connectivity index (χ2v) is 6.17. The quantitative estimate of drug-likeness (QED) is 0.683. The summed E-state index contributed by atoms with van der Waals surface area (Å²) in [6.07, 6.45) is 0.292. The number of carbonyl (C=O) groups is 1. The Morgan fingerprint density at radius 2 is 1.96 bits per heavy atom. The van der Waals surface area contributed by atoms with Crippen LogP contribution in [-0.4, -0.2) is 26.2 Å². The molecule has 2 rings (SSSR count). The summed E-state index contributed by atoms with van der Waals surface area (Å²) >= 11 is 3.38. The fraction of sp³-hybridized carbons (Fsp3) is 0.316. The van der Waals surface area contributed by atoms with E-state index in [-0.39, 0.29) is 5.91 Å². The van der Waals surface area contributed by atoms with Crippen LogP contribution in [0, 0.1) is 0 Å². The molecule has 0 bridgehead atoms. The smallest absolute Gasteiger partial charge is 0.223 e. The molecule has 0 aromatic heterocycles. The van der Waals surface area contributed by atoms with Crippen molar-refractivity contribution >= 4 is 21.8 Å². The minimum atomic E-state index is -0.0668. The highest BCUT2D eigenvalue weighted by Gasteiger charge is 2.07. The van der Waals surface area contributed by atoms with E-state index in [1.54, 1.807) is 7.11 Å². The van der Waals surface area contributed by atoms with Crippen molar-refractivity contribution in [1.82, 2.24) is 5.32 Å². The average Bonchev–Trinajstić information content (AvgIpc) is 2.61.